The van der Waals surface area contributed by atoms with Crippen LogP contribution in [0.4, 0.5) is 5.69 Å². The molecule has 1 N–H and O–H groups in total. The number of carbonyl (C=O) groups is 1. The van der Waals surface area contributed by atoms with Crippen molar-refractivity contribution in [3.05, 3.63) is 101 Å². The van der Waals surface area contributed by atoms with E-state index in [9.17, 15) is 4.79 Å². The summed E-state index contributed by atoms with van der Waals surface area (Å²) in [6.45, 7) is 3.01. The number of aryl methyl sites for hydroxylation is 3. The summed E-state index contributed by atoms with van der Waals surface area (Å²) in [6.07, 6.45) is 5.18. The SMILES string of the molecule is COc1ccc(-c2c3c4n(c(-c5ccc(C)cc5)cn4c2C(=O)Nc2cccc(Cl)c2)CCCC3)cc1. The highest BCUT2D eigenvalue weighted by atomic mass is 35.5. The first kappa shape index (κ1) is 23.4. The lowest BCUT2D eigenvalue weighted by Gasteiger charge is -2.11. The van der Waals surface area contributed by atoms with Gasteiger partial charge in [-0.2, -0.15) is 0 Å². The molecular weight excluding hydrogens is 482 g/mol. The summed E-state index contributed by atoms with van der Waals surface area (Å²) in [5.41, 5.74) is 9.06. The van der Waals surface area contributed by atoms with Gasteiger partial charge in [-0.25, -0.2) is 0 Å². The Morgan fingerprint density at radius 3 is 2.46 bits per heavy atom. The van der Waals surface area contributed by atoms with Crippen molar-refractivity contribution >= 4 is 28.8 Å². The Hall–Kier alpha value is -3.96. The van der Waals surface area contributed by atoms with E-state index < -0.39 is 0 Å². The number of aromatic nitrogens is 2. The van der Waals surface area contributed by atoms with Gasteiger partial charge in [-0.3, -0.25) is 9.20 Å². The lowest BCUT2D eigenvalue weighted by atomic mass is 9.97. The van der Waals surface area contributed by atoms with Crippen LogP contribution in [0, 0.1) is 6.92 Å². The Labute approximate surface area is 221 Å². The normalized spacial score (nSPS) is 12.9. The highest BCUT2D eigenvalue weighted by Gasteiger charge is 2.29. The molecule has 37 heavy (non-hydrogen) atoms. The molecule has 0 spiro atoms. The van der Waals surface area contributed by atoms with Crippen molar-refractivity contribution in [3.63, 3.8) is 0 Å². The molecule has 0 radical (unpaired) electrons. The minimum atomic E-state index is -0.164. The molecule has 186 valence electrons. The van der Waals surface area contributed by atoms with Crippen LogP contribution in [0.25, 0.3) is 28.0 Å². The van der Waals surface area contributed by atoms with E-state index in [1.54, 1.807) is 19.2 Å². The fraction of sp³-hybridized carbons (Fsp3) is 0.194. The van der Waals surface area contributed by atoms with E-state index in [4.69, 9.17) is 16.3 Å². The first-order valence-electron chi connectivity index (χ1n) is 12.6. The molecule has 0 atom stereocenters. The zero-order valence-electron chi connectivity index (χ0n) is 20.9. The first-order valence-corrected chi connectivity index (χ1v) is 13.0. The number of nitrogens with zero attached hydrogens (tertiary/aromatic N) is 2. The van der Waals surface area contributed by atoms with Crippen molar-refractivity contribution in [1.82, 2.24) is 8.97 Å². The first-order chi connectivity index (χ1) is 18.0. The third kappa shape index (κ3) is 4.19. The maximum atomic E-state index is 14.0. The summed E-state index contributed by atoms with van der Waals surface area (Å²) >= 11 is 6.21. The highest BCUT2D eigenvalue weighted by Crippen LogP contribution is 2.40. The van der Waals surface area contributed by atoms with Crippen LogP contribution in [0.3, 0.4) is 0 Å². The number of amides is 1. The van der Waals surface area contributed by atoms with Crippen molar-refractivity contribution in [2.45, 2.75) is 32.7 Å². The molecule has 6 heteroatoms. The third-order valence-corrected chi connectivity index (χ3v) is 7.39. The van der Waals surface area contributed by atoms with Crippen LogP contribution in [0.2, 0.25) is 5.02 Å². The molecule has 1 aliphatic heterocycles. The van der Waals surface area contributed by atoms with Crippen LogP contribution in [0.5, 0.6) is 5.75 Å². The minimum absolute atomic E-state index is 0.164. The van der Waals surface area contributed by atoms with Gasteiger partial charge in [-0.1, -0.05) is 59.6 Å². The molecule has 1 amide bonds. The molecule has 5 aromatic rings. The monoisotopic (exact) mass is 509 g/mol. The average molecular weight is 510 g/mol. The average Bonchev–Trinajstić information content (AvgIpc) is 3.32. The molecule has 0 saturated heterocycles. The van der Waals surface area contributed by atoms with Crippen LogP contribution < -0.4 is 10.1 Å². The second kappa shape index (κ2) is 9.49. The van der Waals surface area contributed by atoms with Gasteiger partial charge in [0.25, 0.3) is 5.91 Å². The fourth-order valence-corrected chi connectivity index (χ4v) is 5.58. The Balaban J connectivity index is 1.60. The number of halogens is 1. The van der Waals surface area contributed by atoms with Gasteiger partial charge in [-0.05, 0) is 67.6 Å². The number of nitrogens with one attached hydrogen (secondary N) is 1. The Morgan fingerprint density at radius 2 is 1.73 bits per heavy atom. The molecule has 5 nitrogen and oxygen atoms in total. The van der Waals surface area contributed by atoms with Crippen LogP contribution >= 0.6 is 11.6 Å². The van der Waals surface area contributed by atoms with Gasteiger partial charge in [0.05, 0.1) is 12.8 Å². The fourth-order valence-electron chi connectivity index (χ4n) is 5.39. The second-order valence-electron chi connectivity index (χ2n) is 9.58. The van der Waals surface area contributed by atoms with Gasteiger partial charge in [0, 0.05) is 34.6 Å². The molecule has 6 rings (SSSR count). The summed E-state index contributed by atoms with van der Waals surface area (Å²) in [5, 5.41) is 3.68. The number of hydrogen-bond acceptors (Lipinski definition) is 2. The summed E-state index contributed by atoms with van der Waals surface area (Å²) in [6, 6.07) is 23.8. The Kier molecular flexibility index (Phi) is 6.01. The van der Waals surface area contributed by atoms with Crippen molar-refractivity contribution in [2.75, 3.05) is 12.4 Å². The molecule has 0 unspecified atom stereocenters. The zero-order chi connectivity index (χ0) is 25.5. The quantitative estimate of drug-likeness (QED) is 0.264. The number of anilines is 1. The van der Waals surface area contributed by atoms with Gasteiger partial charge < -0.3 is 14.6 Å². The van der Waals surface area contributed by atoms with Gasteiger partial charge in [0.15, 0.2) is 0 Å². The molecule has 0 aliphatic carbocycles. The maximum Gasteiger partial charge on any atom is 0.273 e. The van der Waals surface area contributed by atoms with Crippen molar-refractivity contribution in [3.8, 4) is 28.1 Å². The lowest BCUT2D eigenvalue weighted by molar-refractivity contribution is 0.102. The lowest BCUT2D eigenvalue weighted by Crippen LogP contribution is -2.15. The van der Waals surface area contributed by atoms with Crippen LogP contribution in [-0.4, -0.2) is 22.0 Å². The molecule has 0 saturated carbocycles. The van der Waals surface area contributed by atoms with E-state index >= 15 is 0 Å². The van der Waals surface area contributed by atoms with E-state index in [1.807, 2.05) is 36.4 Å². The maximum absolute atomic E-state index is 14.0. The molecule has 0 bridgehead atoms. The van der Waals surface area contributed by atoms with Gasteiger partial charge >= 0.3 is 0 Å². The standard InChI is InChI=1S/C31H28ClN3O2/c1-20-9-11-21(12-10-20)27-19-35-29(30(36)33-24-7-5-6-23(32)18-24)28(22-13-15-25(37-2)16-14-22)26-8-3-4-17-34(27)31(26)35/h5-7,9-16,18-19H,3-4,8,17H2,1-2H3,(H,33,36). The van der Waals surface area contributed by atoms with E-state index in [-0.39, 0.29) is 5.91 Å². The summed E-state index contributed by atoms with van der Waals surface area (Å²) in [7, 11) is 1.66. The number of benzene rings is 3. The van der Waals surface area contributed by atoms with Crippen molar-refractivity contribution in [2.24, 2.45) is 0 Å². The molecule has 3 aromatic carbocycles. The second-order valence-corrected chi connectivity index (χ2v) is 10.0. The number of methoxy groups -OCH3 is 1. The Morgan fingerprint density at radius 1 is 0.973 bits per heavy atom. The number of carbonyl (C=O) groups excluding carboxylic acids is 1. The molecular formula is C31H28ClN3O2. The third-order valence-electron chi connectivity index (χ3n) is 7.16. The van der Waals surface area contributed by atoms with E-state index in [2.05, 4.69) is 51.7 Å². The number of hydrogen-bond donors (Lipinski definition) is 1. The van der Waals surface area contributed by atoms with Gasteiger partial charge in [-0.15, -0.1) is 0 Å². The number of ether oxygens (including phenoxy) is 1. The highest BCUT2D eigenvalue weighted by molar-refractivity contribution is 6.31. The number of rotatable bonds is 5. The topological polar surface area (TPSA) is 47.7 Å². The minimum Gasteiger partial charge on any atom is -0.497 e. The predicted molar refractivity (Wildman–Crippen MR) is 150 cm³/mol. The van der Waals surface area contributed by atoms with E-state index in [0.717, 1.165) is 59.6 Å². The van der Waals surface area contributed by atoms with Gasteiger partial charge in [0.1, 0.15) is 17.1 Å². The molecule has 2 aromatic heterocycles. The molecule has 0 fully saturated rings. The Bertz CT molecular complexity index is 1610. The van der Waals surface area contributed by atoms with E-state index in [1.165, 1.54) is 11.1 Å². The van der Waals surface area contributed by atoms with Crippen molar-refractivity contribution in [1.29, 1.82) is 0 Å². The van der Waals surface area contributed by atoms with Crippen LogP contribution in [0.1, 0.15) is 34.5 Å². The predicted octanol–water partition coefficient (Wildman–Crippen LogP) is 7.63. The van der Waals surface area contributed by atoms with Crippen LogP contribution in [-0.2, 0) is 13.0 Å². The molecule has 3 heterocycles. The van der Waals surface area contributed by atoms with E-state index in [0.29, 0.717) is 16.4 Å². The molecule has 1 aliphatic rings. The largest absolute Gasteiger partial charge is 0.497 e. The number of imidazole rings is 1. The zero-order valence-corrected chi connectivity index (χ0v) is 21.7. The smallest absolute Gasteiger partial charge is 0.273 e. The van der Waals surface area contributed by atoms with Gasteiger partial charge in [0.2, 0.25) is 0 Å². The van der Waals surface area contributed by atoms with Crippen LogP contribution in [0.15, 0.2) is 79.0 Å². The van der Waals surface area contributed by atoms with Crippen molar-refractivity contribution < 1.29 is 9.53 Å². The summed E-state index contributed by atoms with van der Waals surface area (Å²) in [4.78, 5) is 14.0. The summed E-state index contributed by atoms with van der Waals surface area (Å²) < 4.78 is 9.87. The summed E-state index contributed by atoms with van der Waals surface area (Å²) in [5.74, 6) is 0.622.